The normalized spacial score (nSPS) is 14.6. The van der Waals surface area contributed by atoms with Crippen molar-refractivity contribution in [2.75, 3.05) is 46.0 Å². The van der Waals surface area contributed by atoms with Gasteiger partial charge in [0.1, 0.15) is 12.1 Å². The summed E-state index contributed by atoms with van der Waals surface area (Å²) in [6.07, 6.45) is 5.95. The van der Waals surface area contributed by atoms with Crippen LogP contribution < -0.4 is 21.9 Å². The van der Waals surface area contributed by atoms with Crippen LogP contribution in [0.1, 0.15) is 56.1 Å². The minimum atomic E-state index is -1.14. The minimum Gasteiger partial charge on any atom is -0.499 e. The molecule has 15 nitrogen and oxygen atoms in total. The Morgan fingerprint density at radius 1 is 1.02 bits per heavy atom. The Kier molecular flexibility index (Phi) is 14.7. The van der Waals surface area contributed by atoms with Gasteiger partial charge in [-0.2, -0.15) is 5.10 Å². The lowest BCUT2D eigenvalue weighted by Gasteiger charge is -2.38. The third kappa shape index (κ3) is 11.8. The average molecular weight is 757 g/mol. The van der Waals surface area contributed by atoms with E-state index in [4.69, 9.17) is 15.2 Å². The molecule has 1 fully saturated rings. The molecule has 294 valence electrons. The zero-order valence-electron chi connectivity index (χ0n) is 31.6. The molecule has 0 saturated carbocycles. The summed E-state index contributed by atoms with van der Waals surface area (Å²) in [7, 11) is 1.78. The topological polar surface area (TPSA) is 196 Å². The van der Waals surface area contributed by atoms with Gasteiger partial charge in [-0.25, -0.2) is 4.98 Å². The van der Waals surface area contributed by atoms with Gasteiger partial charge in [0.2, 0.25) is 17.7 Å². The number of rotatable bonds is 20. The SMILES string of the molecule is CC(CC(=O)N1CCC(O)(Cn2cnc3c(-c4ccc(CNCCCNC(=O)CCOCCOC=CC(N)=O)cc4)n(C)nc3c2=O)CC1)c1ccccc1. The van der Waals surface area contributed by atoms with Gasteiger partial charge >= 0.3 is 0 Å². The Morgan fingerprint density at radius 2 is 1.76 bits per heavy atom. The third-order valence-electron chi connectivity index (χ3n) is 9.73. The Morgan fingerprint density at radius 3 is 2.49 bits per heavy atom. The summed E-state index contributed by atoms with van der Waals surface area (Å²) < 4.78 is 13.5. The first-order chi connectivity index (χ1) is 26.5. The number of aliphatic hydroxyl groups is 1. The summed E-state index contributed by atoms with van der Waals surface area (Å²) in [5, 5.41) is 22.2. The number of nitrogens with two attached hydrogens (primary N) is 1. The monoisotopic (exact) mass is 756 g/mol. The maximum atomic E-state index is 13.6. The molecule has 5 rings (SSSR count). The summed E-state index contributed by atoms with van der Waals surface area (Å²) in [5.74, 6) is -0.504. The van der Waals surface area contributed by atoms with E-state index in [0.29, 0.717) is 57.6 Å². The van der Waals surface area contributed by atoms with E-state index in [0.717, 1.165) is 41.4 Å². The molecule has 3 heterocycles. The molecule has 0 radical (unpaired) electrons. The molecule has 55 heavy (non-hydrogen) atoms. The van der Waals surface area contributed by atoms with E-state index in [1.54, 1.807) is 11.7 Å². The van der Waals surface area contributed by atoms with Gasteiger partial charge in [-0.15, -0.1) is 0 Å². The van der Waals surface area contributed by atoms with Gasteiger partial charge in [-0.3, -0.25) is 28.4 Å². The molecule has 1 aliphatic rings. The zero-order chi connectivity index (χ0) is 39.2. The Hall–Kier alpha value is -5.38. The van der Waals surface area contributed by atoms with Crippen LogP contribution in [0.25, 0.3) is 22.3 Å². The average Bonchev–Trinajstić information content (AvgIpc) is 3.52. The number of hydrogen-bond donors (Lipinski definition) is 4. The highest BCUT2D eigenvalue weighted by molar-refractivity contribution is 5.89. The molecule has 1 aliphatic heterocycles. The number of aromatic nitrogens is 4. The predicted molar refractivity (Wildman–Crippen MR) is 207 cm³/mol. The summed E-state index contributed by atoms with van der Waals surface area (Å²) in [6.45, 7) is 5.72. The molecule has 2 aromatic heterocycles. The Balaban J connectivity index is 1.04. The van der Waals surface area contributed by atoms with Gasteiger partial charge in [0.15, 0.2) is 5.52 Å². The van der Waals surface area contributed by atoms with Crippen molar-refractivity contribution in [1.29, 1.82) is 0 Å². The minimum absolute atomic E-state index is 0.0694. The number of carbonyl (C=O) groups is 3. The molecule has 1 unspecified atom stereocenters. The van der Waals surface area contributed by atoms with Crippen molar-refractivity contribution in [3.05, 3.63) is 94.7 Å². The molecule has 1 atom stereocenters. The molecule has 0 aliphatic carbocycles. The summed E-state index contributed by atoms with van der Waals surface area (Å²) >= 11 is 0. The van der Waals surface area contributed by atoms with E-state index in [2.05, 4.69) is 20.7 Å². The fourth-order valence-electron chi connectivity index (χ4n) is 6.57. The lowest BCUT2D eigenvalue weighted by Crippen LogP contribution is -2.49. The third-order valence-corrected chi connectivity index (χ3v) is 9.73. The van der Waals surface area contributed by atoms with Crippen molar-refractivity contribution in [2.45, 2.75) is 63.6 Å². The molecule has 4 aromatic rings. The number of benzene rings is 2. The molecule has 0 bridgehead atoms. The second kappa shape index (κ2) is 19.8. The summed E-state index contributed by atoms with van der Waals surface area (Å²) in [4.78, 5) is 55.6. The van der Waals surface area contributed by atoms with Crippen LogP contribution in [0.5, 0.6) is 0 Å². The number of amides is 3. The van der Waals surface area contributed by atoms with Crippen LogP contribution in [-0.4, -0.2) is 98.7 Å². The second-order valence-electron chi connectivity index (χ2n) is 14.0. The highest BCUT2D eigenvalue weighted by Gasteiger charge is 2.35. The van der Waals surface area contributed by atoms with E-state index < -0.39 is 11.5 Å². The smallest absolute Gasteiger partial charge is 0.281 e. The number of hydrogen-bond acceptors (Lipinski definition) is 10. The number of nitrogens with one attached hydrogen (secondary N) is 2. The van der Waals surface area contributed by atoms with Gasteiger partial charge < -0.3 is 35.8 Å². The first-order valence-electron chi connectivity index (χ1n) is 18.7. The quantitative estimate of drug-likeness (QED) is 0.0591. The lowest BCUT2D eigenvalue weighted by molar-refractivity contribution is -0.136. The van der Waals surface area contributed by atoms with Gasteiger partial charge in [-0.05, 0) is 42.9 Å². The Bertz CT molecular complexity index is 1970. The molecular formula is C40H52N8O7. The molecule has 5 N–H and O–H groups in total. The largest absolute Gasteiger partial charge is 0.499 e. The van der Waals surface area contributed by atoms with Gasteiger partial charge in [0.25, 0.3) is 5.56 Å². The number of piperidine rings is 1. The number of aryl methyl sites for hydroxylation is 1. The standard InChI is InChI=1S/C40H52N8O7/c1-29(31-7-4-3-5-8-31)25-35(51)47-19-15-40(53,16-20-47)27-48-28-44-36-37(39(48)52)45-46(2)38(36)32-11-9-30(10-12-32)26-42-17-6-18-43-34(50)14-22-55-24-23-54-21-13-33(41)49/h3-5,7-13,21,28-29,42,53H,6,14-20,22-27H2,1-2H3,(H2,41,49)(H,43,50). The van der Waals surface area contributed by atoms with Crippen LogP contribution in [0.3, 0.4) is 0 Å². The van der Waals surface area contributed by atoms with Crippen LogP contribution in [0.4, 0.5) is 0 Å². The number of ether oxygens (including phenoxy) is 2. The maximum absolute atomic E-state index is 13.6. The number of fused-ring (bicyclic) bond motifs is 1. The number of nitrogens with zero attached hydrogens (tertiary/aromatic N) is 5. The number of carbonyl (C=O) groups excluding carboxylic acids is 3. The molecule has 15 heteroatoms. The van der Waals surface area contributed by atoms with Crippen molar-refractivity contribution < 1.29 is 29.0 Å². The van der Waals surface area contributed by atoms with Crippen molar-refractivity contribution in [1.82, 2.24) is 34.9 Å². The highest BCUT2D eigenvalue weighted by Crippen LogP contribution is 2.28. The predicted octanol–water partition coefficient (Wildman–Crippen LogP) is 2.36. The van der Waals surface area contributed by atoms with Crippen molar-refractivity contribution in [2.24, 2.45) is 12.8 Å². The summed E-state index contributed by atoms with van der Waals surface area (Å²) in [5.41, 5.74) is 8.02. The van der Waals surface area contributed by atoms with E-state index >= 15 is 0 Å². The number of likely N-dealkylation sites (tertiary alicyclic amines) is 1. The second-order valence-corrected chi connectivity index (χ2v) is 14.0. The highest BCUT2D eigenvalue weighted by atomic mass is 16.5. The Labute approximate surface area is 320 Å². The number of primary amides is 1. The van der Waals surface area contributed by atoms with Crippen LogP contribution >= 0.6 is 0 Å². The van der Waals surface area contributed by atoms with Gasteiger partial charge in [0, 0.05) is 57.7 Å². The van der Waals surface area contributed by atoms with Crippen LogP contribution in [-0.2, 0) is 44.0 Å². The zero-order valence-corrected chi connectivity index (χ0v) is 31.6. The van der Waals surface area contributed by atoms with Crippen molar-refractivity contribution >= 4 is 28.8 Å². The lowest BCUT2D eigenvalue weighted by atomic mass is 9.90. The van der Waals surface area contributed by atoms with Gasteiger partial charge in [-0.1, -0.05) is 61.5 Å². The summed E-state index contributed by atoms with van der Waals surface area (Å²) in [6, 6.07) is 18.0. The fourth-order valence-corrected chi connectivity index (χ4v) is 6.57. The van der Waals surface area contributed by atoms with Crippen LogP contribution in [0.2, 0.25) is 0 Å². The first-order valence-corrected chi connectivity index (χ1v) is 18.7. The fraction of sp³-hybridized carbons (Fsp3) is 0.450. The first kappa shape index (κ1) is 40.8. The van der Waals surface area contributed by atoms with Crippen LogP contribution in [0.15, 0.2) is 78.1 Å². The van der Waals surface area contributed by atoms with E-state index in [-0.39, 0.29) is 55.0 Å². The van der Waals surface area contributed by atoms with E-state index in [1.807, 2.05) is 66.4 Å². The molecular weight excluding hydrogens is 704 g/mol. The van der Waals surface area contributed by atoms with Crippen molar-refractivity contribution in [3.63, 3.8) is 0 Å². The van der Waals surface area contributed by atoms with Gasteiger partial charge in [0.05, 0.1) is 43.6 Å². The molecule has 0 spiro atoms. The van der Waals surface area contributed by atoms with Crippen LogP contribution in [0, 0.1) is 0 Å². The van der Waals surface area contributed by atoms with E-state index in [9.17, 15) is 24.3 Å². The maximum Gasteiger partial charge on any atom is 0.281 e. The molecule has 2 aromatic carbocycles. The molecule has 3 amide bonds. The van der Waals surface area contributed by atoms with E-state index in [1.165, 1.54) is 17.2 Å². The van der Waals surface area contributed by atoms with Crippen molar-refractivity contribution in [3.8, 4) is 11.3 Å². The molecule has 1 saturated heterocycles.